The summed E-state index contributed by atoms with van der Waals surface area (Å²) in [7, 11) is 0. The number of rotatable bonds is 2. The van der Waals surface area contributed by atoms with Gasteiger partial charge in [0.1, 0.15) is 11.5 Å². The van der Waals surface area contributed by atoms with E-state index in [0.29, 0.717) is 11.4 Å². The van der Waals surface area contributed by atoms with E-state index in [2.05, 4.69) is 4.98 Å². The average Bonchev–Trinajstić information content (AvgIpc) is 2.70. The van der Waals surface area contributed by atoms with Gasteiger partial charge in [-0.2, -0.15) is 0 Å². The molecule has 0 fully saturated rings. The van der Waals surface area contributed by atoms with Crippen LogP contribution in [0.15, 0.2) is 48.8 Å². The number of aromatic nitrogens is 2. The van der Waals surface area contributed by atoms with Gasteiger partial charge < -0.3 is 4.40 Å². The molecular formula is C14H10ClFN2. The molecule has 3 aromatic rings. The summed E-state index contributed by atoms with van der Waals surface area (Å²) in [6, 6.07) is 10.2. The first-order valence-corrected chi connectivity index (χ1v) is 5.96. The fourth-order valence-corrected chi connectivity index (χ4v) is 2.13. The first-order valence-electron chi connectivity index (χ1n) is 5.58. The molecule has 0 N–H and O–H groups in total. The van der Waals surface area contributed by atoms with Crippen LogP contribution in [0.3, 0.4) is 0 Å². The maximum absolute atomic E-state index is 13.1. The van der Waals surface area contributed by atoms with Crippen molar-refractivity contribution in [3.63, 3.8) is 0 Å². The molecule has 0 atom stereocenters. The minimum atomic E-state index is -0.223. The van der Waals surface area contributed by atoms with Crippen LogP contribution in [0.2, 0.25) is 5.02 Å². The lowest BCUT2D eigenvalue weighted by molar-refractivity contribution is 0.626. The molecule has 0 aliphatic rings. The van der Waals surface area contributed by atoms with Gasteiger partial charge in [-0.15, -0.1) is 0 Å². The maximum atomic E-state index is 13.1. The third kappa shape index (κ3) is 2.22. The van der Waals surface area contributed by atoms with Gasteiger partial charge in [-0.1, -0.05) is 23.7 Å². The summed E-state index contributed by atoms with van der Waals surface area (Å²) in [4.78, 5) is 4.46. The van der Waals surface area contributed by atoms with Gasteiger partial charge in [0.05, 0.1) is 10.7 Å². The molecule has 0 saturated carbocycles. The highest BCUT2D eigenvalue weighted by atomic mass is 35.5. The topological polar surface area (TPSA) is 17.3 Å². The Morgan fingerprint density at radius 3 is 2.89 bits per heavy atom. The molecule has 0 aliphatic carbocycles. The van der Waals surface area contributed by atoms with Crippen LogP contribution in [0.5, 0.6) is 0 Å². The van der Waals surface area contributed by atoms with E-state index in [1.165, 1.54) is 12.1 Å². The quantitative estimate of drug-likeness (QED) is 0.686. The molecule has 18 heavy (non-hydrogen) atoms. The minimum absolute atomic E-state index is 0.223. The smallest absolute Gasteiger partial charge is 0.137 e. The number of pyridine rings is 1. The second-order valence-electron chi connectivity index (χ2n) is 4.15. The van der Waals surface area contributed by atoms with Crippen molar-refractivity contribution in [2.24, 2.45) is 0 Å². The number of imidazole rings is 1. The van der Waals surface area contributed by atoms with Crippen molar-refractivity contribution in [1.29, 1.82) is 0 Å². The molecule has 4 heteroatoms. The summed E-state index contributed by atoms with van der Waals surface area (Å²) in [5.41, 5.74) is 2.64. The second kappa shape index (κ2) is 4.42. The molecule has 3 rings (SSSR count). The lowest BCUT2D eigenvalue weighted by Crippen LogP contribution is -1.88. The predicted octanol–water partition coefficient (Wildman–Crippen LogP) is 3.72. The molecule has 0 amide bonds. The van der Waals surface area contributed by atoms with Gasteiger partial charge in [-0.3, -0.25) is 0 Å². The lowest BCUT2D eigenvalue weighted by atomic mass is 10.1. The van der Waals surface area contributed by atoms with Crippen molar-refractivity contribution in [1.82, 2.24) is 9.38 Å². The van der Waals surface area contributed by atoms with Crippen LogP contribution in [0.25, 0.3) is 5.65 Å². The first kappa shape index (κ1) is 11.2. The highest BCUT2D eigenvalue weighted by Crippen LogP contribution is 2.14. The Morgan fingerprint density at radius 1 is 1.17 bits per heavy atom. The molecule has 2 nitrogen and oxygen atoms in total. The summed E-state index contributed by atoms with van der Waals surface area (Å²) in [6.45, 7) is 0. The van der Waals surface area contributed by atoms with E-state index in [9.17, 15) is 4.39 Å². The molecule has 0 bridgehead atoms. The van der Waals surface area contributed by atoms with Gasteiger partial charge in [0.25, 0.3) is 0 Å². The normalized spacial score (nSPS) is 11.0. The molecule has 0 spiro atoms. The molecule has 0 unspecified atom stereocenters. The Kier molecular flexibility index (Phi) is 2.76. The van der Waals surface area contributed by atoms with Gasteiger partial charge in [-0.25, -0.2) is 9.37 Å². The maximum Gasteiger partial charge on any atom is 0.137 e. The molecule has 0 aliphatic heterocycles. The number of hydrogen-bond donors (Lipinski definition) is 0. The van der Waals surface area contributed by atoms with E-state index in [4.69, 9.17) is 11.6 Å². The lowest BCUT2D eigenvalue weighted by Gasteiger charge is -1.97. The second-order valence-corrected chi connectivity index (χ2v) is 4.59. The van der Waals surface area contributed by atoms with Crippen molar-refractivity contribution < 1.29 is 4.39 Å². The van der Waals surface area contributed by atoms with Gasteiger partial charge >= 0.3 is 0 Å². The van der Waals surface area contributed by atoms with E-state index in [-0.39, 0.29) is 5.82 Å². The largest absolute Gasteiger partial charge is 0.305 e. The van der Waals surface area contributed by atoms with Crippen molar-refractivity contribution in [3.8, 4) is 0 Å². The summed E-state index contributed by atoms with van der Waals surface area (Å²) >= 11 is 5.91. The third-order valence-corrected chi connectivity index (χ3v) is 2.96. The Hall–Kier alpha value is -1.87. The fraction of sp³-hybridized carbons (Fsp3) is 0.0714. The van der Waals surface area contributed by atoms with Crippen LogP contribution < -0.4 is 0 Å². The van der Waals surface area contributed by atoms with Crippen LogP contribution in [0, 0.1) is 5.82 Å². The van der Waals surface area contributed by atoms with E-state index in [1.54, 1.807) is 18.3 Å². The monoisotopic (exact) mass is 260 g/mol. The van der Waals surface area contributed by atoms with Crippen molar-refractivity contribution in [2.45, 2.75) is 6.42 Å². The zero-order chi connectivity index (χ0) is 12.5. The first-order chi connectivity index (χ1) is 8.70. The van der Waals surface area contributed by atoms with E-state index >= 15 is 0 Å². The zero-order valence-electron chi connectivity index (χ0n) is 9.48. The van der Waals surface area contributed by atoms with Crippen LogP contribution >= 0.6 is 11.6 Å². The average molecular weight is 261 g/mol. The van der Waals surface area contributed by atoms with Gasteiger partial charge in [-0.05, 0) is 29.8 Å². The molecular weight excluding hydrogens is 251 g/mol. The standard InChI is InChI=1S/C14H10ClFN2/c15-11-4-5-14-17-13(9-18(14)8-11)7-10-2-1-3-12(16)6-10/h1-6,8-9H,7H2. The number of hydrogen-bond acceptors (Lipinski definition) is 1. The van der Waals surface area contributed by atoms with Gasteiger partial charge in [0.2, 0.25) is 0 Å². The van der Waals surface area contributed by atoms with Gasteiger partial charge in [0.15, 0.2) is 0 Å². The number of nitrogens with zero attached hydrogens (tertiary/aromatic N) is 2. The van der Waals surface area contributed by atoms with Crippen molar-refractivity contribution in [2.75, 3.05) is 0 Å². The Labute approximate surface area is 109 Å². The zero-order valence-corrected chi connectivity index (χ0v) is 10.2. The predicted molar refractivity (Wildman–Crippen MR) is 69.4 cm³/mol. The summed E-state index contributed by atoms with van der Waals surface area (Å²) in [5.74, 6) is -0.223. The molecule has 90 valence electrons. The van der Waals surface area contributed by atoms with E-state index in [0.717, 1.165) is 16.9 Å². The van der Waals surface area contributed by atoms with E-state index in [1.807, 2.05) is 22.7 Å². The van der Waals surface area contributed by atoms with Crippen LogP contribution in [-0.2, 0) is 6.42 Å². The number of fused-ring (bicyclic) bond motifs is 1. The Morgan fingerprint density at radius 2 is 2.06 bits per heavy atom. The van der Waals surface area contributed by atoms with Crippen molar-refractivity contribution in [3.05, 3.63) is 70.9 Å². The highest BCUT2D eigenvalue weighted by Gasteiger charge is 2.04. The molecule has 2 heterocycles. The Bertz CT molecular complexity index is 706. The molecule has 0 radical (unpaired) electrons. The number of halogens is 2. The molecule has 2 aromatic heterocycles. The summed E-state index contributed by atoms with van der Waals surface area (Å²) in [6.07, 6.45) is 4.32. The number of benzene rings is 1. The minimum Gasteiger partial charge on any atom is -0.305 e. The fourth-order valence-electron chi connectivity index (χ4n) is 1.96. The summed E-state index contributed by atoms with van der Waals surface area (Å²) in [5, 5.41) is 0.664. The van der Waals surface area contributed by atoms with Gasteiger partial charge in [0, 0.05) is 18.8 Å². The Balaban J connectivity index is 1.95. The molecule has 0 saturated heterocycles. The van der Waals surface area contributed by atoms with Crippen LogP contribution in [-0.4, -0.2) is 9.38 Å². The van der Waals surface area contributed by atoms with Crippen LogP contribution in [0.4, 0.5) is 4.39 Å². The SMILES string of the molecule is Fc1cccc(Cc2cn3cc(Cl)ccc3n2)c1. The summed E-state index contributed by atoms with van der Waals surface area (Å²) < 4.78 is 15.0. The van der Waals surface area contributed by atoms with E-state index < -0.39 is 0 Å². The third-order valence-electron chi connectivity index (χ3n) is 2.74. The van der Waals surface area contributed by atoms with Crippen molar-refractivity contribution >= 4 is 17.2 Å². The molecule has 1 aromatic carbocycles. The highest BCUT2D eigenvalue weighted by molar-refractivity contribution is 6.30. The van der Waals surface area contributed by atoms with Crippen LogP contribution in [0.1, 0.15) is 11.3 Å².